The molecule has 8 nitrogen and oxygen atoms in total. The number of nitrogens with zero attached hydrogens (tertiary/aromatic N) is 1. The largest absolute Gasteiger partial charge is 0.472 e. The lowest BCUT2D eigenvalue weighted by Crippen LogP contribution is -2.45. The van der Waals surface area contributed by atoms with E-state index in [1.165, 1.54) is 238 Å². The highest BCUT2D eigenvalue weighted by Crippen LogP contribution is 2.43. The lowest BCUT2D eigenvalue weighted by molar-refractivity contribution is -0.870. The van der Waals surface area contributed by atoms with Gasteiger partial charge in [0.05, 0.1) is 39.9 Å². The van der Waals surface area contributed by atoms with Crippen LogP contribution in [0.2, 0.25) is 0 Å². The number of carbonyl (C=O) groups excluding carboxylic acids is 1. The van der Waals surface area contributed by atoms with Gasteiger partial charge in [-0.25, -0.2) is 4.57 Å². The first kappa shape index (κ1) is 69.7. The van der Waals surface area contributed by atoms with Crippen LogP contribution in [0, 0.1) is 0 Å². The maximum Gasteiger partial charge on any atom is 0.472 e. The molecule has 71 heavy (non-hydrogen) atoms. The maximum atomic E-state index is 13.0. The smallest absolute Gasteiger partial charge is 0.387 e. The third kappa shape index (κ3) is 56.3. The van der Waals surface area contributed by atoms with Crippen molar-refractivity contribution in [3.05, 3.63) is 36.5 Å². The molecule has 0 aromatic carbocycles. The van der Waals surface area contributed by atoms with Crippen molar-refractivity contribution in [3.8, 4) is 0 Å². The van der Waals surface area contributed by atoms with Crippen molar-refractivity contribution in [3.63, 3.8) is 0 Å². The Bertz CT molecular complexity index is 1250. The number of phosphoric acid groups is 1. The number of phosphoric ester groups is 1. The fourth-order valence-electron chi connectivity index (χ4n) is 9.25. The van der Waals surface area contributed by atoms with Gasteiger partial charge >= 0.3 is 7.82 Å². The summed E-state index contributed by atoms with van der Waals surface area (Å²) in [6, 6.07) is -0.844. The molecule has 0 radical (unpaired) electrons. The Hall–Kier alpha value is -1.28. The number of quaternary nitrogens is 1. The number of likely N-dealkylation sites (N-methyl/N-ethyl adjacent to an activating group) is 1. The highest BCUT2D eigenvalue weighted by molar-refractivity contribution is 7.47. The minimum absolute atomic E-state index is 0.0635. The normalized spacial score (nSPS) is 14.1. The fraction of sp³-hybridized carbons (Fsp3) is 0.887. The second-order valence-electron chi connectivity index (χ2n) is 22.4. The summed E-state index contributed by atoms with van der Waals surface area (Å²) in [7, 11) is 1.58. The second kappa shape index (κ2) is 53.5. The van der Waals surface area contributed by atoms with E-state index in [1.54, 1.807) is 6.08 Å². The molecule has 3 N–H and O–H groups in total. The summed E-state index contributed by atoms with van der Waals surface area (Å²) in [5.74, 6) is -0.172. The number of allylic oxidation sites excluding steroid dienone is 5. The Kier molecular flexibility index (Phi) is 52.6. The molecule has 0 heterocycles. The van der Waals surface area contributed by atoms with Crippen LogP contribution in [0.25, 0.3) is 0 Å². The van der Waals surface area contributed by atoms with Gasteiger partial charge in [0.15, 0.2) is 0 Å². The highest BCUT2D eigenvalue weighted by atomic mass is 31.2. The molecule has 0 aliphatic heterocycles. The quantitative estimate of drug-likeness (QED) is 0.0243. The number of aliphatic hydroxyl groups is 1. The maximum absolute atomic E-state index is 13.0. The van der Waals surface area contributed by atoms with Gasteiger partial charge in [0.2, 0.25) is 5.91 Å². The first-order valence-corrected chi connectivity index (χ1v) is 32.4. The Balaban J connectivity index is 3.95. The summed E-state index contributed by atoms with van der Waals surface area (Å²) in [5, 5.41) is 13.9. The monoisotopic (exact) mass is 1020 g/mol. The van der Waals surface area contributed by atoms with Gasteiger partial charge in [-0.15, -0.1) is 0 Å². The van der Waals surface area contributed by atoms with E-state index in [1.807, 2.05) is 27.2 Å². The van der Waals surface area contributed by atoms with Crippen LogP contribution in [-0.4, -0.2) is 73.4 Å². The third-order valence-corrected chi connectivity index (χ3v) is 15.1. The van der Waals surface area contributed by atoms with Crippen molar-refractivity contribution in [1.82, 2.24) is 5.32 Å². The van der Waals surface area contributed by atoms with E-state index in [0.29, 0.717) is 17.4 Å². The summed E-state index contributed by atoms with van der Waals surface area (Å²) in [5.41, 5.74) is 0. The van der Waals surface area contributed by atoms with Crippen molar-refractivity contribution >= 4 is 13.7 Å². The van der Waals surface area contributed by atoms with E-state index < -0.39 is 20.0 Å². The van der Waals surface area contributed by atoms with Crippen LogP contribution in [0.5, 0.6) is 0 Å². The topological polar surface area (TPSA) is 105 Å². The molecule has 0 saturated carbocycles. The summed E-state index contributed by atoms with van der Waals surface area (Å²) in [6.45, 7) is 4.83. The molecule has 3 atom stereocenters. The van der Waals surface area contributed by atoms with E-state index in [-0.39, 0.29) is 19.1 Å². The Labute approximate surface area is 442 Å². The standard InChI is InChI=1S/C62H121N2O6P/c1-6-8-10-12-14-16-18-20-22-23-24-25-26-27-28-29-30-31-32-33-34-35-36-37-38-39-40-41-42-44-46-48-50-52-54-56-62(66)63-60(59-70-71(67,68)69-58-57-64(3,4)5)61(65)55-53-51-49-47-45-43-21-19-17-15-13-11-9-7-2/h18,20,23-24,53,55,60-61,65H,6-17,19,21-22,25-52,54,56-59H2,1-5H3,(H-,63,66,67,68)/p+1/b20-18-,24-23-,55-53+. The van der Waals surface area contributed by atoms with Gasteiger partial charge in [0, 0.05) is 6.42 Å². The van der Waals surface area contributed by atoms with Crippen LogP contribution in [-0.2, 0) is 18.4 Å². The summed E-state index contributed by atoms with van der Waals surface area (Å²) in [4.78, 5) is 23.3. The van der Waals surface area contributed by atoms with Crippen molar-refractivity contribution in [2.24, 2.45) is 0 Å². The van der Waals surface area contributed by atoms with Gasteiger partial charge in [-0.3, -0.25) is 13.8 Å². The van der Waals surface area contributed by atoms with Crippen LogP contribution >= 0.6 is 7.82 Å². The van der Waals surface area contributed by atoms with Gasteiger partial charge in [-0.1, -0.05) is 281 Å². The fourth-order valence-corrected chi connectivity index (χ4v) is 9.99. The van der Waals surface area contributed by atoms with Crippen LogP contribution in [0.15, 0.2) is 36.5 Å². The number of carbonyl (C=O) groups is 1. The minimum atomic E-state index is -4.34. The highest BCUT2D eigenvalue weighted by Gasteiger charge is 2.27. The minimum Gasteiger partial charge on any atom is -0.387 e. The first-order valence-electron chi connectivity index (χ1n) is 30.9. The molecule has 0 spiro atoms. The molecule has 0 saturated heterocycles. The van der Waals surface area contributed by atoms with Crippen LogP contribution in [0.4, 0.5) is 0 Å². The Morgan fingerprint density at radius 3 is 1.15 bits per heavy atom. The van der Waals surface area contributed by atoms with Crippen LogP contribution < -0.4 is 5.32 Å². The van der Waals surface area contributed by atoms with Crippen LogP contribution in [0.3, 0.4) is 0 Å². The Morgan fingerprint density at radius 1 is 0.479 bits per heavy atom. The van der Waals surface area contributed by atoms with Crippen molar-refractivity contribution in [2.45, 2.75) is 315 Å². The average molecular weight is 1020 g/mol. The predicted octanol–water partition coefficient (Wildman–Crippen LogP) is 18.9. The zero-order valence-corrected chi connectivity index (χ0v) is 48.9. The lowest BCUT2D eigenvalue weighted by Gasteiger charge is -2.25. The van der Waals surface area contributed by atoms with Gasteiger partial charge < -0.3 is 19.8 Å². The third-order valence-electron chi connectivity index (χ3n) is 14.1. The van der Waals surface area contributed by atoms with Gasteiger partial charge in [-0.2, -0.15) is 0 Å². The van der Waals surface area contributed by atoms with Crippen molar-refractivity contribution < 1.29 is 32.9 Å². The lowest BCUT2D eigenvalue weighted by atomic mass is 10.0. The molecular formula is C62H122N2O6P+. The average Bonchev–Trinajstić information content (AvgIpc) is 3.33. The Morgan fingerprint density at radius 2 is 0.803 bits per heavy atom. The number of aliphatic hydroxyl groups excluding tert-OH is 1. The molecule has 0 aromatic heterocycles. The first-order chi connectivity index (χ1) is 34.5. The molecule has 9 heteroatoms. The summed E-state index contributed by atoms with van der Waals surface area (Å²) < 4.78 is 23.7. The molecule has 0 aliphatic carbocycles. The van der Waals surface area contributed by atoms with E-state index >= 15 is 0 Å². The number of rotatable bonds is 57. The van der Waals surface area contributed by atoms with E-state index in [2.05, 4.69) is 43.5 Å². The van der Waals surface area contributed by atoms with Gasteiger partial charge in [-0.05, 0) is 51.4 Å². The molecule has 0 bridgehead atoms. The zero-order chi connectivity index (χ0) is 52.0. The summed E-state index contributed by atoms with van der Waals surface area (Å²) in [6.07, 6.45) is 69.8. The number of nitrogens with one attached hydrogen (secondary N) is 1. The second-order valence-corrected chi connectivity index (χ2v) is 23.9. The number of hydrogen-bond donors (Lipinski definition) is 3. The number of amides is 1. The SMILES string of the molecule is CCCCCCC/C=C\C/C=C\CCCCCCCCCCCCCCCCCCCCCCCCCC(=O)NC(COP(=O)(O)OCC[N+](C)(C)C)C(O)/C=C/CCCCCCCCCCCCCC. The molecule has 0 rings (SSSR count). The van der Waals surface area contributed by atoms with E-state index in [4.69, 9.17) is 9.05 Å². The van der Waals surface area contributed by atoms with Gasteiger partial charge in [0.1, 0.15) is 13.2 Å². The molecule has 420 valence electrons. The van der Waals surface area contributed by atoms with Crippen molar-refractivity contribution in [2.75, 3.05) is 40.9 Å². The molecule has 1 amide bonds. The number of hydrogen-bond acceptors (Lipinski definition) is 5. The molecule has 0 fully saturated rings. The molecule has 0 aliphatic rings. The predicted molar refractivity (Wildman–Crippen MR) is 309 cm³/mol. The van der Waals surface area contributed by atoms with Crippen molar-refractivity contribution in [1.29, 1.82) is 0 Å². The van der Waals surface area contributed by atoms with Crippen LogP contribution in [0.1, 0.15) is 303 Å². The number of unbranched alkanes of at least 4 members (excludes halogenated alkanes) is 40. The molecular weight excluding hydrogens is 900 g/mol. The zero-order valence-electron chi connectivity index (χ0n) is 48.0. The van der Waals surface area contributed by atoms with E-state index in [0.717, 1.165) is 44.9 Å². The molecule has 3 unspecified atom stereocenters. The van der Waals surface area contributed by atoms with Gasteiger partial charge in [0.25, 0.3) is 0 Å². The van der Waals surface area contributed by atoms with E-state index in [9.17, 15) is 19.4 Å². The molecule has 0 aromatic rings. The summed E-state index contributed by atoms with van der Waals surface area (Å²) >= 11 is 0.